The molecule has 1 unspecified atom stereocenters. The van der Waals surface area contributed by atoms with E-state index in [0.29, 0.717) is 19.4 Å². The molecule has 2 N–H and O–H groups in total. The van der Waals surface area contributed by atoms with Crippen LogP contribution in [0.5, 0.6) is 0 Å². The molecule has 1 atom stereocenters. The SMILES string of the molecule is O=S(=O)(c1ccc(F)cc1C#CCO)N1CCCC1CO. The van der Waals surface area contributed by atoms with Crippen molar-refractivity contribution in [1.82, 2.24) is 4.31 Å². The first kappa shape index (κ1) is 15.9. The first-order valence-corrected chi connectivity index (χ1v) is 7.96. The van der Waals surface area contributed by atoms with Gasteiger partial charge in [-0.2, -0.15) is 4.31 Å². The van der Waals surface area contributed by atoms with Crippen LogP contribution in [0.3, 0.4) is 0 Å². The summed E-state index contributed by atoms with van der Waals surface area (Å²) >= 11 is 0. The minimum atomic E-state index is -3.86. The fourth-order valence-corrected chi connectivity index (χ4v) is 4.21. The highest BCUT2D eigenvalue weighted by molar-refractivity contribution is 7.89. The van der Waals surface area contributed by atoms with Crippen LogP contribution >= 0.6 is 0 Å². The second-order valence-electron chi connectivity index (χ2n) is 4.69. The summed E-state index contributed by atoms with van der Waals surface area (Å²) < 4.78 is 39.9. The van der Waals surface area contributed by atoms with Gasteiger partial charge < -0.3 is 10.2 Å². The second kappa shape index (κ2) is 6.54. The molecular formula is C14H16FNO4S. The maximum absolute atomic E-state index is 13.3. The van der Waals surface area contributed by atoms with Crippen LogP contribution in [-0.2, 0) is 10.0 Å². The smallest absolute Gasteiger partial charge is 0.244 e. The van der Waals surface area contributed by atoms with Crippen molar-refractivity contribution in [3.8, 4) is 11.8 Å². The summed E-state index contributed by atoms with van der Waals surface area (Å²) in [6.45, 7) is -0.380. The molecule has 1 aliphatic heterocycles. The lowest BCUT2D eigenvalue weighted by Crippen LogP contribution is -2.37. The largest absolute Gasteiger partial charge is 0.395 e. The molecule has 1 heterocycles. The van der Waals surface area contributed by atoms with Crippen molar-refractivity contribution in [3.05, 3.63) is 29.6 Å². The van der Waals surface area contributed by atoms with Gasteiger partial charge in [-0.25, -0.2) is 12.8 Å². The maximum atomic E-state index is 13.3. The molecule has 1 aromatic rings. The predicted octanol–water partition coefficient (Wildman–Crippen LogP) is 0.315. The average Bonchev–Trinajstić information content (AvgIpc) is 2.94. The molecule has 114 valence electrons. The lowest BCUT2D eigenvalue weighted by molar-refractivity contribution is 0.213. The van der Waals surface area contributed by atoms with Crippen molar-refractivity contribution in [1.29, 1.82) is 0 Å². The Morgan fingerprint density at radius 3 is 2.81 bits per heavy atom. The summed E-state index contributed by atoms with van der Waals surface area (Å²) in [4.78, 5) is -0.106. The zero-order valence-electron chi connectivity index (χ0n) is 11.3. The Balaban J connectivity index is 2.49. The van der Waals surface area contributed by atoms with E-state index in [2.05, 4.69) is 11.8 Å². The van der Waals surface area contributed by atoms with Crippen molar-refractivity contribution in [2.45, 2.75) is 23.8 Å². The highest BCUT2D eigenvalue weighted by Gasteiger charge is 2.35. The molecule has 0 bridgehead atoms. The van der Waals surface area contributed by atoms with Gasteiger partial charge in [0.25, 0.3) is 0 Å². The topological polar surface area (TPSA) is 77.8 Å². The van der Waals surface area contributed by atoms with Gasteiger partial charge in [0.1, 0.15) is 12.4 Å². The zero-order valence-corrected chi connectivity index (χ0v) is 12.1. The number of benzene rings is 1. The number of sulfonamides is 1. The van der Waals surface area contributed by atoms with Gasteiger partial charge in [0, 0.05) is 18.2 Å². The molecule has 1 aromatic carbocycles. The highest BCUT2D eigenvalue weighted by atomic mass is 32.2. The Kier molecular flexibility index (Phi) is 4.96. The van der Waals surface area contributed by atoms with Crippen LogP contribution in [0.4, 0.5) is 4.39 Å². The standard InChI is InChI=1S/C14H16FNO4S/c15-12-5-6-14(11(9-12)3-2-8-17)21(19,20)16-7-1-4-13(16)10-18/h5-6,9,13,17-18H,1,4,7-8,10H2. The highest BCUT2D eigenvalue weighted by Crippen LogP contribution is 2.27. The van der Waals surface area contributed by atoms with E-state index in [1.165, 1.54) is 10.4 Å². The van der Waals surface area contributed by atoms with Gasteiger partial charge in [0.2, 0.25) is 10.0 Å². The Hall–Kier alpha value is -1.46. The summed E-state index contributed by atoms with van der Waals surface area (Å²) in [5.41, 5.74) is 0.00707. The van der Waals surface area contributed by atoms with E-state index in [1.807, 2.05) is 0 Å². The minimum absolute atomic E-state index is 0.00707. The molecule has 0 spiro atoms. The Labute approximate surface area is 123 Å². The molecule has 0 aliphatic carbocycles. The van der Waals surface area contributed by atoms with Crippen molar-refractivity contribution >= 4 is 10.0 Å². The third kappa shape index (κ3) is 3.24. The molecular weight excluding hydrogens is 297 g/mol. The average molecular weight is 313 g/mol. The maximum Gasteiger partial charge on any atom is 0.244 e. The number of aliphatic hydroxyl groups is 2. The number of nitrogens with zero attached hydrogens (tertiary/aromatic N) is 1. The van der Waals surface area contributed by atoms with Crippen molar-refractivity contribution in [3.63, 3.8) is 0 Å². The molecule has 0 amide bonds. The van der Waals surface area contributed by atoms with E-state index in [1.54, 1.807) is 0 Å². The van der Waals surface area contributed by atoms with E-state index in [4.69, 9.17) is 5.11 Å². The minimum Gasteiger partial charge on any atom is -0.395 e. The lowest BCUT2D eigenvalue weighted by atomic mass is 10.2. The molecule has 2 rings (SSSR count). The Morgan fingerprint density at radius 1 is 1.38 bits per heavy atom. The number of aliphatic hydroxyl groups excluding tert-OH is 2. The van der Waals surface area contributed by atoms with Crippen LogP contribution in [0.15, 0.2) is 23.1 Å². The Bertz CT molecular complexity index is 678. The van der Waals surface area contributed by atoms with Gasteiger partial charge in [-0.1, -0.05) is 11.8 Å². The van der Waals surface area contributed by atoms with E-state index < -0.39 is 28.5 Å². The molecule has 1 aliphatic rings. The number of hydrogen-bond acceptors (Lipinski definition) is 4. The van der Waals surface area contributed by atoms with Crippen LogP contribution in [-0.4, -0.2) is 48.7 Å². The van der Waals surface area contributed by atoms with Crippen LogP contribution < -0.4 is 0 Å². The molecule has 1 saturated heterocycles. The number of halogens is 1. The van der Waals surface area contributed by atoms with Gasteiger partial charge in [0.05, 0.1) is 11.5 Å². The number of hydrogen-bond donors (Lipinski definition) is 2. The molecule has 0 aromatic heterocycles. The summed E-state index contributed by atoms with van der Waals surface area (Å²) in [7, 11) is -3.86. The first-order chi connectivity index (χ1) is 10.0. The van der Waals surface area contributed by atoms with E-state index >= 15 is 0 Å². The summed E-state index contributed by atoms with van der Waals surface area (Å²) in [6.07, 6.45) is 1.26. The van der Waals surface area contributed by atoms with E-state index in [0.717, 1.165) is 12.1 Å². The molecule has 0 radical (unpaired) electrons. The monoisotopic (exact) mass is 313 g/mol. The fraction of sp³-hybridized carbons (Fsp3) is 0.429. The number of rotatable bonds is 3. The molecule has 5 nitrogen and oxygen atoms in total. The van der Waals surface area contributed by atoms with Crippen LogP contribution in [0.2, 0.25) is 0 Å². The quantitative estimate of drug-likeness (QED) is 0.788. The Morgan fingerprint density at radius 2 is 2.14 bits per heavy atom. The molecule has 21 heavy (non-hydrogen) atoms. The van der Waals surface area contributed by atoms with Crippen molar-refractivity contribution in [2.75, 3.05) is 19.8 Å². The lowest BCUT2D eigenvalue weighted by Gasteiger charge is -2.23. The normalized spacial score (nSPS) is 19.3. The van der Waals surface area contributed by atoms with Crippen molar-refractivity contribution in [2.24, 2.45) is 0 Å². The summed E-state index contributed by atoms with van der Waals surface area (Å²) in [5, 5.41) is 18.0. The predicted molar refractivity (Wildman–Crippen MR) is 74.4 cm³/mol. The van der Waals surface area contributed by atoms with Gasteiger partial charge in [-0.3, -0.25) is 0 Å². The third-order valence-electron chi connectivity index (χ3n) is 3.36. The third-order valence-corrected chi connectivity index (χ3v) is 5.37. The zero-order chi connectivity index (χ0) is 15.5. The van der Waals surface area contributed by atoms with Gasteiger partial charge >= 0.3 is 0 Å². The van der Waals surface area contributed by atoms with Crippen molar-refractivity contribution < 1.29 is 23.0 Å². The van der Waals surface area contributed by atoms with E-state index in [-0.39, 0.29) is 17.1 Å². The van der Waals surface area contributed by atoms with Crippen LogP contribution in [0, 0.1) is 17.7 Å². The molecule has 7 heteroatoms. The second-order valence-corrected chi connectivity index (χ2v) is 6.55. The van der Waals surface area contributed by atoms with E-state index in [9.17, 15) is 17.9 Å². The van der Waals surface area contributed by atoms with Gasteiger partial charge in [-0.15, -0.1) is 0 Å². The fourth-order valence-electron chi connectivity index (χ4n) is 2.39. The summed E-state index contributed by atoms with van der Waals surface area (Å²) in [6, 6.07) is 2.79. The summed E-state index contributed by atoms with van der Waals surface area (Å²) in [5.74, 6) is 4.18. The first-order valence-electron chi connectivity index (χ1n) is 6.52. The van der Waals surface area contributed by atoms with Gasteiger partial charge in [0.15, 0.2) is 0 Å². The molecule has 1 fully saturated rings. The van der Waals surface area contributed by atoms with Gasteiger partial charge in [-0.05, 0) is 31.0 Å². The molecule has 0 saturated carbocycles. The van der Waals surface area contributed by atoms with Crippen LogP contribution in [0.25, 0.3) is 0 Å². The van der Waals surface area contributed by atoms with Crippen LogP contribution in [0.1, 0.15) is 18.4 Å².